The summed E-state index contributed by atoms with van der Waals surface area (Å²) in [6, 6.07) is 22.3. The van der Waals surface area contributed by atoms with E-state index in [4.69, 9.17) is 0 Å². The van der Waals surface area contributed by atoms with Gasteiger partial charge in [0.05, 0.1) is 11.1 Å². The Kier molecular flexibility index (Phi) is 9.28. The van der Waals surface area contributed by atoms with Crippen LogP contribution in [0.4, 0.5) is 26.3 Å². The molecule has 0 nitrogen and oxygen atoms in total. The first-order chi connectivity index (χ1) is 19.6. The Balaban J connectivity index is 2.03. The third-order valence-electron chi connectivity index (χ3n) is 7.45. The third-order valence-corrected chi connectivity index (χ3v) is 9.95. The molecule has 0 saturated heterocycles. The highest BCUT2D eigenvalue weighted by atomic mass is 31.1. The highest BCUT2D eigenvalue weighted by Crippen LogP contribution is 2.44. The van der Waals surface area contributed by atoms with Crippen molar-refractivity contribution in [3.8, 4) is 11.1 Å². The summed E-state index contributed by atoms with van der Waals surface area (Å²) in [6.45, 7) is 12.9. The van der Waals surface area contributed by atoms with Crippen LogP contribution in [0.25, 0.3) is 11.1 Å². The van der Waals surface area contributed by atoms with Crippen molar-refractivity contribution in [3.05, 3.63) is 113 Å². The molecule has 4 rings (SSSR count). The lowest BCUT2D eigenvalue weighted by molar-refractivity contribution is -0.138. The largest absolute Gasteiger partial charge is 0.416 e. The molecule has 0 radical (unpaired) electrons. The Labute approximate surface area is 245 Å². The van der Waals surface area contributed by atoms with Gasteiger partial charge in [-0.3, -0.25) is 0 Å². The van der Waals surface area contributed by atoms with E-state index in [0.29, 0.717) is 16.5 Å². The van der Waals surface area contributed by atoms with Gasteiger partial charge in [0.15, 0.2) is 0 Å². The maximum atomic E-state index is 13.4. The molecule has 0 N–H and O–H groups in total. The summed E-state index contributed by atoms with van der Waals surface area (Å²) in [5, 5.41) is 2.13. The van der Waals surface area contributed by atoms with E-state index >= 15 is 0 Å². The second-order valence-electron chi connectivity index (χ2n) is 11.5. The van der Waals surface area contributed by atoms with Crippen LogP contribution < -0.4 is 15.9 Å². The third kappa shape index (κ3) is 6.75. The molecule has 0 aromatic heterocycles. The molecule has 222 valence electrons. The fraction of sp³-hybridized carbons (Fsp3) is 0.314. The summed E-state index contributed by atoms with van der Waals surface area (Å²) in [4.78, 5) is 0. The Morgan fingerprint density at radius 2 is 0.929 bits per heavy atom. The molecule has 4 aromatic carbocycles. The first-order valence-electron chi connectivity index (χ1n) is 14.0. The summed E-state index contributed by atoms with van der Waals surface area (Å²) in [7, 11) is -1.51. The van der Waals surface area contributed by atoms with Gasteiger partial charge in [-0.2, -0.15) is 26.3 Å². The SMILES string of the molecule is CC(C)c1cc(C(C)C)c(-c2ccccc2P(c2ccc(C(F)(F)F)cc2)c2ccc(C(F)(F)F)cc2)c(C(C)C)c1. The normalized spacial score (nSPS) is 12.7. The van der Waals surface area contributed by atoms with E-state index in [0.717, 1.165) is 40.7 Å². The van der Waals surface area contributed by atoms with Crippen molar-refractivity contribution >= 4 is 23.8 Å². The van der Waals surface area contributed by atoms with Crippen molar-refractivity contribution in [2.45, 2.75) is 71.6 Å². The molecule has 0 fully saturated rings. The first-order valence-corrected chi connectivity index (χ1v) is 15.4. The zero-order valence-electron chi connectivity index (χ0n) is 24.5. The van der Waals surface area contributed by atoms with Gasteiger partial charge in [-0.05, 0) is 93.7 Å². The quantitative estimate of drug-likeness (QED) is 0.146. The van der Waals surface area contributed by atoms with Gasteiger partial charge in [-0.1, -0.05) is 102 Å². The molecular weight excluding hydrogens is 565 g/mol. The number of rotatable bonds is 7. The van der Waals surface area contributed by atoms with Crippen molar-refractivity contribution in [1.82, 2.24) is 0 Å². The fourth-order valence-corrected chi connectivity index (χ4v) is 7.58. The van der Waals surface area contributed by atoms with Crippen molar-refractivity contribution in [3.63, 3.8) is 0 Å². The molecule has 0 spiro atoms. The van der Waals surface area contributed by atoms with E-state index in [2.05, 4.69) is 53.7 Å². The highest BCUT2D eigenvalue weighted by molar-refractivity contribution is 7.80. The first kappa shape index (κ1) is 31.8. The lowest BCUT2D eigenvalue weighted by atomic mass is 9.82. The summed E-state index contributed by atoms with van der Waals surface area (Å²) >= 11 is 0. The maximum Gasteiger partial charge on any atom is 0.416 e. The number of hydrogen-bond acceptors (Lipinski definition) is 0. The smallest absolute Gasteiger partial charge is 0.166 e. The van der Waals surface area contributed by atoms with Gasteiger partial charge < -0.3 is 0 Å². The second kappa shape index (κ2) is 12.2. The number of halogens is 6. The molecule has 7 heteroatoms. The molecule has 0 saturated carbocycles. The van der Waals surface area contributed by atoms with Crippen LogP contribution in [-0.4, -0.2) is 0 Å². The molecule has 4 aromatic rings. The predicted octanol–water partition coefficient (Wildman–Crippen LogP) is 10.5. The van der Waals surface area contributed by atoms with E-state index < -0.39 is 31.4 Å². The molecule has 0 unspecified atom stereocenters. The lowest BCUT2D eigenvalue weighted by Gasteiger charge is -2.28. The van der Waals surface area contributed by atoms with Crippen LogP contribution in [-0.2, 0) is 12.4 Å². The fourth-order valence-electron chi connectivity index (χ4n) is 5.17. The Morgan fingerprint density at radius 1 is 0.524 bits per heavy atom. The van der Waals surface area contributed by atoms with Gasteiger partial charge >= 0.3 is 12.4 Å². The summed E-state index contributed by atoms with van der Waals surface area (Å²) in [5.74, 6) is 0.695. The van der Waals surface area contributed by atoms with Crippen LogP contribution in [0.15, 0.2) is 84.9 Å². The van der Waals surface area contributed by atoms with Crippen LogP contribution in [0.2, 0.25) is 0 Å². The number of alkyl halides is 6. The molecule has 0 amide bonds. The van der Waals surface area contributed by atoms with Gasteiger partial charge in [0.2, 0.25) is 0 Å². The van der Waals surface area contributed by atoms with Gasteiger partial charge in [0.1, 0.15) is 0 Å². The monoisotopic (exact) mass is 600 g/mol. The van der Waals surface area contributed by atoms with Crippen molar-refractivity contribution in [2.75, 3.05) is 0 Å². The molecule has 0 aliphatic carbocycles. The van der Waals surface area contributed by atoms with Crippen LogP contribution >= 0.6 is 7.92 Å². The average Bonchev–Trinajstić information content (AvgIpc) is 2.92. The summed E-state index contributed by atoms with van der Waals surface area (Å²) < 4.78 is 80.6. The molecular formula is C35H35F6P. The Hall–Kier alpha value is -3.11. The van der Waals surface area contributed by atoms with E-state index in [-0.39, 0.29) is 11.8 Å². The Bertz CT molecular complexity index is 1420. The summed E-state index contributed by atoms with van der Waals surface area (Å²) in [5.41, 5.74) is 4.08. The van der Waals surface area contributed by atoms with Crippen LogP contribution in [0.1, 0.15) is 87.1 Å². The van der Waals surface area contributed by atoms with Gasteiger partial charge in [0, 0.05) is 0 Å². The minimum Gasteiger partial charge on any atom is -0.166 e. The minimum absolute atomic E-state index is 0.188. The highest BCUT2D eigenvalue weighted by Gasteiger charge is 2.33. The topological polar surface area (TPSA) is 0 Å². The van der Waals surface area contributed by atoms with Crippen LogP contribution in [0, 0.1) is 0 Å². The van der Waals surface area contributed by atoms with E-state index in [1.165, 1.54) is 41.0 Å². The van der Waals surface area contributed by atoms with Crippen molar-refractivity contribution in [2.24, 2.45) is 0 Å². The number of benzene rings is 4. The molecule has 0 aliphatic rings. The zero-order chi connectivity index (χ0) is 31.0. The van der Waals surface area contributed by atoms with E-state index in [1.54, 1.807) is 0 Å². The zero-order valence-corrected chi connectivity index (χ0v) is 25.4. The van der Waals surface area contributed by atoms with Crippen LogP contribution in [0.5, 0.6) is 0 Å². The van der Waals surface area contributed by atoms with Crippen molar-refractivity contribution in [1.29, 1.82) is 0 Å². The molecule has 42 heavy (non-hydrogen) atoms. The minimum atomic E-state index is -4.50. The Morgan fingerprint density at radius 3 is 1.29 bits per heavy atom. The molecule has 0 heterocycles. The summed E-state index contributed by atoms with van der Waals surface area (Å²) in [6.07, 6.45) is -8.99. The van der Waals surface area contributed by atoms with E-state index in [9.17, 15) is 26.3 Å². The second-order valence-corrected chi connectivity index (χ2v) is 13.7. The van der Waals surface area contributed by atoms with Gasteiger partial charge in [-0.25, -0.2) is 0 Å². The van der Waals surface area contributed by atoms with Crippen LogP contribution in [0.3, 0.4) is 0 Å². The van der Waals surface area contributed by atoms with Crippen molar-refractivity contribution < 1.29 is 26.3 Å². The van der Waals surface area contributed by atoms with Gasteiger partial charge in [0.25, 0.3) is 0 Å². The van der Waals surface area contributed by atoms with E-state index in [1.807, 2.05) is 24.3 Å². The average molecular weight is 601 g/mol. The molecule has 0 atom stereocenters. The van der Waals surface area contributed by atoms with Gasteiger partial charge in [-0.15, -0.1) is 0 Å². The maximum absolute atomic E-state index is 13.4. The standard InChI is InChI=1S/C35H35F6P/c1-21(2)24-19-30(22(3)4)33(31(20-24)23(5)6)29-9-7-8-10-32(29)42(27-15-11-25(12-16-27)34(36,37)38)28-17-13-26(14-18-28)35(39,40)41/h7-23H,1-6H3. The molecule has 0 aliphatic heterocycles. The molecule has 0 bridgehead atoms. The number of hydrogen-bond donors (Lipinski definition) is 0. The lowest BCUT2D eigenvalue weighted by Crippen LogP contribution is -2.23. The predicted molar refractivity (Wildman–Crippen MR) is 163 cm³/mol.